The average Bonchev–Trinajstić information content (AvgIpc) is 3.17. The molecule has 268 valence electrons. The number of benzene rings is 5. The first-order valence-corrected chi connectivity index (χ1v) is 17.4. The van der Waals surface area contributed by atoms with Crippen molar-refractivity contribution in [3.05, 3.63) is 137 Å². The molecule has 0 unspecified atom stereocenters. The third-order valence-corrected chi connectivity index (χ3v) is 8.68. The Labute approximate surface area is 305 Å². The summed E-state index contributed by atoms with van der Waals surface area (Å²) < 4.78 is 15.4. The molecule has 5 aromatic carbocycles. The normalized spacial score (nSPS) is 12.3. The van der Waals surface area contributed by atoms with E-state index in [2.05, 4.69) is 10.2 Å². The summed E-state index contributed by atoms with van der Waals surface area (Å²) in [4.78, 5) is 38.5. The molecule has 5 aromatic rings. The second kappa shape index (κ2) is 17.8. The van der Waals surface area contributed by atoms with Gasteiger partial charge in [0.05, 0.1) is 37.6 Å². The second-order valence-corrected chi connectivity index (χ2v) is 12.3. The number of nitrogen functional groups attached to an aromatic ring is 1. The first-order valence-electron chi connectivity index (χ1n) is 17.4. The van der Waals surface area contributed by atoms with Crippen LogP contribution < -0.4 is 16.0 Å². The Hall–Kier alpha value is -5.93. The van der Waals surface area contributed by atoms with Gasteiger partial charge in [-0.05, 0) is 134 Å². The maximum Gasteiger partial charge on any atom is 0.338 e. The van der Waals surface area contributed by atoms with Crippen LogP contribution in [0.25, 0.3) is 22.3 Å². The van der Waals surface area contributed by atoms with Crippen LogP contribution in [0.15, 0.2) is 109 Å². The Balaban J connectivity index is 0.000000233. The number of nitrogens with one attached hydrogen (secondary N) is 1. The van der Waals surface area contributed by atoms with E-state index in [1.165, 1.54) is 0 Å². The van der Waals surface area contributed by atoms with E-state index in [1.54, 1.807) is 38.1 Å². The van der Waals surface area contributed by atoms with Crippen molar-refractivity contribution in [3.8, 4) is 22.3 Å². The number of amides is 1. The molecule has 1 aliphatic rings. The lowest BCUT2D eigenvalue weighted by Gasteiger charge is -2.28. The lowest BCUT2D eigenvalue weighted by Crippen LogP contribution is -2.36. The van der Waals surface area contributed by atoms with Gasteiger partial charge in [-0.1, -0.05) is 36.4 Å². The molecule has 0 aliphatic carbocycles. The minimum atomic E-state index is -0.332. The summed E-state index contributed by atoms with van der Waals surface area (Å²) >= 11 is 0. The summed E-state index contributed by atoms with van der Waals surface area (Å²) in [5.41, 5.74) is 16.3. The van der Waals surface area contributed by atoms with Gasteiger partial charge in [0.25, 0.3) is 5.91 Å². The smallest absolute Gasteiger partial charge is 0.338 e. The van der Waals surface area contributed by atoms with Crippen LogP contribution in [-0.2, 0) is 14.2 Å². The molecular weight excluding hydrogens is 654 g/mol. The van der Waals surface area contributed by atoms with E-state index >= 15 is 0 Å². The number of carbonyl (C=O) groups excluding carboxylic acids is 3. The first kappa shape index (κ1) is 37.3. The molecule has 52 heavy (non-hydrogen) atoms. The van der Waals surface area contributed by atoms with Gasteiger partial charge < -0.3 is 30.2 Å². The molecule has 0 saturated carbocycles. The number of rotatable bonds is 9. The van der Waals surface area contributed by atoms with Crippen molar-refractivity contribution < 1.29 is 28.6 Å². The van der Waals surface area contributed by atoms with Gasteiger partial charge in [0, 0.05) is 35.7 Å². The number of carbonyl (C=O) groups is 3. The molecule has 0 radical (unpaired) electrons. The highest BCUT2D eigenvalue weighted by Gasteiger charge is 2.14. The molecule has 9 nitrogen and oxygen atoms in total. The fraction of sp³-hybridized carbons (Fsp3) is 0.233. The number of hydrogen-bond donors (Lipinski definition) is 2. The van der Waals surface area contributed by atoms with Crippen molar-refractivity contribution in [3.63, 3.8) is 0 Å². The highest BCUT2D eigenvalue weighted by atomic mass is 16.5. The summed E-state index contributed by atoms with van der Waals surface area (Å²) in [5, 5.41) is 2.99. The molecule has 1 saturated heterocycles. The molecule has 0 spiro atoms. The second-order valence-electron chi connectivity index (χ2n) is 12.3. The van der Waals surface area contributed by atoms with E-state index in [0.29, 0.717) is 35.6 Å². The summed E-state index contributed by atoms with van der Waals surface area (Å²) in [5.74, 6) is -0.782. The minimum absolute atomic E-state index is 0.156. The Morgan fingerprint density at radius 2 is 1.13 bits per heavy atom. The highest BCUT2D eigenvalue weighted by molar-refractivity contribution is 6.04. The van der Waals surface area contributed by atoms with E-state index in [1.807, 2.05) is 98.8 Å². The van der Waals surface area contributed by atoms with Gasteiger partial charge in [-0.25, -0.2) is 9.59 Å². The number of hydrogen-bond acceptors (Lipinski definition) is 8. The molecule has 1 amide bonds. The van der Waals surface area contributed by atoms with Crippen molar-refractivity contribution in [1.29, 1.82) is 0 Å². The van der Waals surface area contributed by atoms with Gasteiger partial charge in [0.1, 0.15) is 0 Å². The third kappa shape index (κ3) is 9.64. The molecule has 6 rings (SSSR count). The van der Waals surface area contributed by atoms with Crippen LogP contribution in [0.1, 0.15) is 56.0 Å². The van der Waals surface area contributed by atoms with Crippen LogP contribution in [0.2, 0.25) is 0 Å². The summed E-state index contributed by atoms with van der Waals surface area (Å²) in [6, 6.07) is 34.0. The maximum absolute atomic E-state index is 12.8. The van der Waals surface area contributed by atoms with Crippen LogP contribution in [0.5, 0.6) is 0 Å². The van der Waals surface area contributed by atoms with Crippen LogP contribution in [0, 0.1) is 13.8 Å². The van der Waals surface area contributed by atoms with E-state index in [9.17, 15) is 14.4 Å². The summed E-state index contributed by atoms with van der Waals surface area (Å²) in [6.07, 6.45) is 0. The fourth-order valence-corrected chi connectivity index (χ4v) is 5.81. The first-order chi connectivity index (χ1) is 25.2. The quantitative estimate of drug-likeness (QED) is 0.116. The van der Waals surface area contributed by atoms with Crippen molar-refractivity contribution in [2.75, 3.05) is 55.5 Å². The van der Waals surface area contributed by atoms with Gasteiger partial charge in [0.15, 0.2) is 0 Å². The summed E-state index contributed by atoms with van der Waals surface area (Å²) in [7, 11) is 0. The molecule has 9 heteroatoms. The van der Waals surface area contributed by atoms with Crippen LogP contribution >= 0.6 is 0 Å². The Bertz CT molecular complexity index is 1980. The van der Waals surface area contributed by atoms with Crippen molar-refractivity contribution >= 4 is 34.9 Å². The van der Waals surface area contributed by atoms with Crippen molar-refractivity contribution in [2.24, 2.45) is 0 Å². The largest absolute Gasteiger partial charge is 0.462 e. The zero-order chi connectivity index (χ0) is 37.0. The predicted octanol–water partition coefficient (Wildman–Crippen LogP) is 8.35. The predicted molar refractivity (Wildman–Crippen MR) is 207 cm³/mol. The topological polar surface area (TPSA) is 120 Å². The summed E-state index contributed by atoms with van der Waals surface area (Å²) in [6.45, 7) is 11.5. The van der Waals surface area contributed by atoms with Gasteiger partial charge in [-0.15, -0.1) is 0 Å². The molecule has 0 atom stereocenters. The van der Waals surface area contributed by atoms with E-state index < -0.39 is 0 Å². The van der Waals surface area contributed by atoms with E-state index in [-0.39, 0.29) is 17.8 Å². The van der Waals surface area contributed by atoms with Gasteiger partial charge >= 0.3 is 11.9 Å². The zero-order valence-corrected chi connectivity index (χ0v) is 30.1. The Morgan fingerprint density at radius 1 is 0.654 bits per heavy atom. The SMILES string of the molecule is CCOC(=O)c1ccc(-c2cc(N)ccc2C)cc1.CCOC(=O)c1ccc(-c2cc(NC(=O)c3ccc(N4CCOCC4)cc3)ccc2C)cc1. The van der Waals surface area contributed by atoms with Crippen LogP contribution in [0.3, 0.4) is 0 Å². The minimum Gasteiger partial charge on any atom is -0.462 e. The standard InChI is InChI=1S/C27H28N2O4.C16H17NO2/c1-3-33-27(31)22-7-5-20(6-8-22)25-18-23(11-4-19(25)2)28-26(30)21-9-12-24(13-10-21)29-14-16-32-17-15-29;1-3-19-16(18)13-7-5-12(6-8-13)15-10-14(17)9-4-11(15)2/h4-13,18H,3,14-17H2,1-2H3,(H,28,30);4-10H,3,17H2,1-2H3. The third-order valence-electron chi connectivity index (χ3n) is 8.68. The fourth-order valence-electron chi connectivity index (χ4n) is 5.81. The average molecular weight is 700 g/mol. The van der Waals surface area contributed by atoms with Gasteiger partial charge in [0.2, 0.25) is 0 Å². The monoisotopic (exact) mass is 699 g/mol. The van der Waals surface area contributed by atoms with E-state index in [4.69, 9.17) is 19.9 Å². The lowest BCUT2D eigenvalue weighted by atomic mass is 9.98. The number of nitrogens with two attached hydrogens (primary N) is 1. The molecule has 3 N–H and O–H groups in total. The van der Waals surface area contributed by atoms with Crippen LogP contribution in [-0.4, -0.2) is 57.4 Å². The van der Waals surface area contributed by atoms with E-state index in [0.717, 1.165) is 71.1 Å². The van der Waals surface area contributed by atoms with Crippen molar-refractivity contribution in [2.45, 2.75) is 27.7 Å². The Morgan fingerprint density at radius 3 is 1.65 bits per heavy atom. The number of nitrogens with zero attached hydrogens (tertiary/aromatic N) is 1. The molecule has 1 heterocycles. The molecule has 1 fully saturated rings. The molecular formula is C43H45N3O6. The zero-order valence-electron chi connectivity index (χ0n) is 30.1. The molecule has 0 bridgehead atoms. The van der Waals surface area contributed by atoms with Gasteiger partial charge in [-0.3, -0.25) is 4.79 Å². The van der Waals surface area contributed by atoms with Crippen molar-refractivity contribution in [1.82, 2.24) is 0 Å². The van der Waals surface area contributed by atoms with Gasteiger partial charge in [-0.2, -0.15) is 0 Å². The number of esters is 2. The Kier molecular flexibility index (Phi) is 12.8. The number of anilines is 3. The van der Waals surface area contributed by atoms with Crippen LogP contribution in [0.4, 0.5) is 17.1 Å². The number of morpholine rings is 1. The molecule has 0 aromatic heterocycles. The molecule has 1 aliphatic heterocycles. The highest BCUT2D eigenvalue weighted by Crippen LogP contribution is 2.28. The number of aryl methyl sites for hydroxylation is 2. The maximum atomic E-state index is 12.8. The lowest BCUT2D eigenvalue weighted by molar-refractivity contribution is 0.0517. The number of ether oxygens (including phenoxy) is 3.